The van der Waals surface area contributed by atoms with Gasteiger partial charge in [0.1, 0.15) is 0 Å². The van der Waals surface area contributed by atoms with E-state index in [-0.39, 0.29) is 33.8 Å². The maximum absolute atomic E-state index is 14.2. The molecule has 1 N–H and O–H groups in total. The van der Waals surface area contributed by atoms with Crippen LogP contribution in [-0.4, -0.2) is 43.8 Å². The van der Waals surface area contributed by atoms with Crippen molar-refractivity contribution in [1.29, 1.82) is 0 Å². The fraction of sp³-hybridized carbons (Fsp3) is 0.364. The first-order valence-electron chi connectivity index (χ1n) is 10.00. The van der Waals surface area contributed by atoms with E-state index in [0.717, 1.165) is 12.1 Å². The van der Waals surface area contributed by atoms with E-state index in [1.54, 1.807) is 13.0 Å². The average molecular weight is 503 g/mol. The van der Waals surface area contributed by atoms with E-state index < -0.39 is 24.5 Å². The minimum Gasteiger partial charge on any atom is -0.374 e. The SMILES string of the molecule is Cc1cc(C2=NOC(c3cc(Cl)cc(Cl)c3)(C(F)(F)F)C2)ccc1C(=O)NCC1OCCO1. The standard InChI is InChI=1S/C22H19Cl2F3N2O4/c1-12-6-13(2-3-17(12)20(30)28-11-19-31-4-5-32-19)18-10-21(33-29-18,22(25,26)27)14-7-15(23)9-16(24)8-14/h2-3,6-9,19H,4-5,10-11H2,1H3,(H,28,30). The van der Waals surface area contributed by atoms with E-state index in [0.29, 0.717) is 29.9 Å². The van der Waals surface area contributed by atoms with Crippen LogP contribution >= 0.6 is 23.2 Å². The minimum atomic E-state index is -4.79. The first-order valence-corrected chi connectivity index (χ1v) is 10.8. The van der Waals surface area contributed by atoms with Crippen molar-refractivity contribution in [2.45, 2.75) is 31.4 Å². The van der Waals surface area contributed by atoms with E-state index in [2.05, 4.69) is 10.5 Å². The zero-order chi connectivity index (χ0) is 23.8. The van der Waals surface area contributed by atoms with Gasteiger partial charge >= 0.3 is 6.18 Å². The maximum atomic E-state index is 14.2. The summed E-state index contributed by atoms with van der Waals surface area (Å²) >= 11 is 11.9. The lowest BCUT2D eigenvalue weighted by molar-refractivity contribution is -0.275. The largest absolute Gasteiger partial charge is 0.435 e. The summed E-state index contributed by atoms with van der Waals surface area (Å²) in [5.41, 5.74) is -1.52. The molecule has 0 radical (unpaired) electrons. The van der Waals surface area contributed by atoms with Crippen LogP contribution in [0.1, 0.15) is 33.5 Å². The molecule has 2 aromatic carbocycles. The first-order chi connectivity index (χ1) is 15.6. The van der Waals surface area contributed by atoms with Crippen molar-refractivity contribution in [3.05, 3.63) is 68.7 Å². The Bertz CT molecular complexity index is 1080. The van der Waals surface area contributed by atoms with Crippen LogP contribution < -0.4 is 5.32 Å². The smallest absolute Gasteiger partial charge is 0.374 e. The van der Waals surface area contributed by atoms with Gasteiger partial charge in [-0.05, 0) is 48.4 Å². The predicted molar refractivity (Wildman–Crippen MR) is 116 cm³/mol. The number of alkyl halides is 3. The van der Waals surface area contributed by atoms with Gasteiger partial charge in [0.05, 0.1) is 25.5 Å². The summed E-state index contributed by atoms with van der Waals surface area (Å²) in [5, 5.41) is 6.57. The predicted octanol–water partition coefficient (Wildman–Crippen LogP) is 4.99. The molecule has 33 heavy (non-hydrogen) atoms. The highest BCUT2D eigenvalue weighted by Gasteiger charge is 2.62. The van der Waals surface area contributed by atoms with Crippen molar-refractivity contribution >= 4 is 34.8 Å². The Hall–Kier alpha value is -2.33. The average Bonchev–Trinajstić information content (AvgIpc) is 3.41. The van der Waals surface area contributed by atoms with E-state index in [1.165, 1.54) is 18.2 Å². The lowest BCUT2D eigenvalue weighted by Gasteiger charge is -2.29. The molecule has 2 heterocycles. The third-order valence-electron chi connectivity index (χ3n) is 5.44. The number of nitrogens with one attached hydrogen (secondary N) is 1. The fourth-order valence-electron chi connectivity index (χ4n) is 3.74. The second-order valence-electron chi connectivity index (χ2n) is 7.70. The second-order valence-corrected chi connectivity index (χ2v) is 8.57. The van der Waals surface area contributed by atoms with Crippen molar-refractivity contribution in [2.24, 2.45) is 5.16 Å². The molecule has 0 bridgehead atoms. The molecule has 1 atom stereocenters. The molecular formula is C22H19Cl2F3N2O4. The maximum Gasteiger partial charge on any atom is 0.435 e. The first kappa shape index (κ1) is 23.8. The van der Waals surface area contributed by atoms with E-state index in [9.17, 15) is 18.0 Å². The monoisotopic (exact) mass is 502 g/mol. The molecule has 11 heteroatoms. The van der Waals surface area contributed by atoms with Crippen molar-refractivity contribution in [3.8, 4) is 0 Å². The molecule has 176 valence electrons. The van der Waals surface area contributed by atoms with Crippen LogP contribution in [0.25, 0.3) is 0 Å². The van der Waals surface area contributed by atoms with Crippen LogP contribution in [-0.2, 0) is 19.9 Å². The number of amides is 1. The summed E-state index contributed by atoms with van der Waals surface area (Å²) < 4.78 is 53.0. The lowest BCUT2D eigenvalue weighted by Crippen LogP contribution is -2.42. The Labute approximate surface area is 197 Å². The van der Waals surface area contributed by atoms with Gasteiger partial charge in [-0.2, -0.15) is 13.2 Å². The van der Waals surface area contributed by atoms with Crippen molar-refractivity contribution in [3.63, 3.8) is 0 Å². The van der Waals surface area contributed by atoms with Gasteiger partial charge in [-0.3, -0.25) is 4.79 Å². The fourth-order valence-corrected chi connectivity index (χ4v) is 4.27. The molecule has 0 saturated carbocycles. The van der Waals surface area contributed by atoms with Gasteiger partial charge < -0.3 is 19.6 Å². The van der Waals surface area contributed by atoms with Gasteiger partial charge in [0.2, 0.25) is 0 Å². The summed E-state index contributed by atoms with van der Waals surface area (Å²) in [5.74, 6) is -0.346. The summed E-state index contributed by atoms with van der Waals surface area (Å²) in [4.78, 5) is 17.5. The van der Waals surface area contributed by atoms with Gasteiger partial charge in [0.25, 0.3) is 11.5 Å². The molecule has 2 aliphatic rings. The molecular weight excluding hydrogens is 484 g/mol. The van der Waals surface area contributed by atoms with Gasteiger partial charge in [0.15, 0.2) is 6.29 Å². The molecule has 1 saturated heterocycles. The molecule has 1 unspecified atom stereocenters. The third-order valence-corrected chi connectivity index (χ3v) is 5.88. The summed E-state index contributed by atoms with van der Waals surface area (Å²) in [6, 6.07) is 8.32. The molecule has 0 aliphatic carbocycles. The van der Waals surface area contributed by atoms with Gasteiger partial charge in [-0.1, -0.05) is 34.4 Å². The summed E-state index contributed by atoms with van der Waals surface area (Å²) in [7, 11) is 0. The number of rotatable bonds is 5. The minimum absolute atomic E-state index is 0.0535. The van der Waals surface area contributed by atoms with Crippen LogP contribution in [0.15, 0.2) is 41.6 Å². The summed E-state index contributed by atoms with van der Waals surface area (Å²) in [6.07, 6.45) is -5.85. The Balaban J connectivity index is 1.55. The number of nitrogens with zero attached hydrogens (tertiary/aromatic N) is 1. The van der Waals surface area contributed by atoms with E-state index in [4.69, 9.17) is 37.5 Å². The number of carbonyl (C=O) groups excluding carboxylic acids is 1. The van der Waals surface area contributed by atoms with Crippen LogP contribution in [0, 0.1) is 6.92 Å². The number of carbonyl (C=O) groups is 1. The zero-order valence-electron chi connectivity index (χ0n) is 17.3. The molecule has 4 rings (SSSR count). The van der Waals surface area contributed by atoms with Crippen molar-refractivity contribution < 1.29 is 32.3 Å². The number of ether oxygens (including phenoxy) is 2. The number of hydrogen-bond acceptors (Lipinski definition) is 5. The van der Waals surface area contributed by atoms with Gasteiger partial charge in [-0.15, -0.1) is 0 Å². The highest BCUT2D eigenvalue weighted by molar-refractivity contribution is 6.34. The molecule has 1 amide bonds. The molecule has 1 fully saturated rings. The normalized spacial score (nSPS) is 21.1. The highest BCUT2D eigenvalue weighted by atomic mass is 35.5. The van der Waals surface area contributed by atoms with E-state index in [1.807, 2.05) is 0 Å². The Morgan fingerprint density at radius 2 is 1.82 bits per heavy atom. The van der Waals surface area contributed by atoms with Crippen molar-refractivity contribution in [2.75, 3.05) is 19.8 Å². The lowest BCUT2D eigenvalue weighted by atomic mass is 9.86. The molecule has 2 aliphatic heterocycles. The topological polar surface area (TPSA) is 69.2 Å². The van der Waals surface area contributed by atoms with Gasteiger partial charge in [-0.25, -0.2) is 0 Å². The Morgan fingerprint density at radius 1 is 1.15 bits per heavy atom. The third kappa shape index (κ3) is 4.82. The highest BCUT2D eigenvalue weighted by Crippen LogP contribution is 2.49. The van der Waals surface area contributed by atoms with Crippen molar-refractivity contribution in [1.82, 2.24) is 5.32 Å². The number of oxime groups is 1. The molecule has 6 nitrogen and oxygen atoms in total. The quantitative estimate of drug-likeness (QED) is 0.625. The number of hydrogen-bond donors (Lipinski definition) is 1. The number of halogens is 5. The van der Waals surface area contributed by atoms with Crippen LogP contribution in [0.2, 0.25) is 10.0 Å². The second kappa shape index (κ2) is 9.13. The zero-order valence-corrected chi connectivity index (χ0v) is 18.9. The molecule has 0 aromatic heterocycles. The Kier molecular flexibility index (Phi) is 6.59. The van der Waals surface area contributed by atoms with Gasteiger partial charge in [0, 0.05) is 27.6 Å². The summed E-state index contributed by atoms with van der Waals surface area (Å²) in [6.45, 7) is 2.82. The number of benzene rings is 2. The van der Waals surface area contributed by atoms with E-state index >= 15 is 0 Å². The molecule has 0 spiro atoms. The van der Waals surface area contributed by atoms with Crippen LogP contribution in [0.3, 0.4) is 0 Å². The van der Waals surface area contributed by atoms with Crippen LogP contribution in [0.5, 0.6) is 0 Å². The number of aryl methyl sites for hydroxylation is 1. The van der Waals surface area contributed by atoms with Crippen LogP contribution in [0.4, 0.5) is 13.2 Å². The Morgan fingerprint density at radius 3 is 2.42 bits per heavy atom. The molecule has 2 aromatic rings.